The van der Waals surface area contributed by atoms with E-state index < -0.39 is 0 Å². The molecule has 0 radical (unpaired) electrons. The topological polar surface area (TPSA) is 55.3 Å². The van der Waals surface area contributed by atoms with Crippen LogP contribution >= 0.6 is 23.8 Å². The number of aromatic nitrogens is 1. The van der Waals surface area contributed by atoms with Crippen LogP contribution in [0.3, 0.4) is 0 Å². The van der Waals surface area contributed by atoms with Crippen molar-refractivity contribution in [3.05, 3.63) is 70.9 Å². The van der Waals surface area contributed by atoms with E-state index in [4.69, 9.17) is 29.6 Å². The molecule has 0 spiro atoms. The van der Waals surface area contributed by atoms with E-state index in [1.807, 2.05) is 42.6 Å². The molecule has 0 atom stereocenters. The lowest BCUT2D eigenvalue weighted by Gasteiger charge is -2.07. The molecule has 0 aliphatic carbocycles. The Labute approximate surface area is 144 Å². The first kappa shape index (κ1) is 15.5. The number of hydrogen-bond acceptors (Lipinski definition) is 2. The van der Waals surface area contributed by atoms with E-state index in [0.29, 0.717) is 6.54 Å². The first-order chi connectivity index (χ1) is 11.1. The molecule has 0 bridgehead atoms. The quantitative estimate of drug-likeness (QED) is 0.433. The van der Waals surface area contributed by atoms with E-state index >= 15 is 0 Å². The van der Waals surface area contributed by atoms with Gasteiger partial charge in [-0.3, -0.25) is 5.43 Å². The predicted molar refractivity (Wildman–Crippen MR) is 100 cm³/mol. The number of hydrazone groups is 1. The summed E-state index contributed by atoms with van der Waals surface area (Å²) in [6, 6.07) is 16.0. The van der Waals surface area contributed by atoms with Gasteiger partial charge in [-0.25, -0.2) is 0 Å². The van der Waals surface area contributed by atoms with Crippen molar-refractivity contribution >= 4 is 46.0 Å². The highest BCUT2D eigenvalue weighted by Crippen LogP contribution is 2.23. The Morgan fingerprint density at radius 1 is 1.22 bits per heavy atom. The third-order valence-corrected chi connectivity index (χ3v) is 3.96. The van der Waals surface area contributed by atoms with Gasteiger partial charge in [0, 0.05) is 34.2 Å². The highest BCUT2D eigenvalue weighted by atomic mass is 35.5. The SMILES string of the molecule is NC(=S)NN=Cc1cn(Cc2ccccc2Cl)c2ccccc12. The number of nitrogens with two attached hydrogens (primary N) is 1. The van der Waals surface area contributed by atoms with Crippen molar-refractivity contribution in [2.24, 2.45) is 10.8 Å². The van der Waals surface area contributed by atoms with E-state index in [1.54, 1.807) is 6.21 Å². The minimum absolute atomic E-state index is 0.140. The van der Waals surface area contributed by atoms with E-state index in [9.17, 15) is 0 Å². The number of benzene rings is 2. The van der Waals surface area contributed by atoms with Crippen LogP contribution in [0.5, 0.6) is 0 Å². The molecule has 0 fully saturated rings. The van der Waals surface area contributed by atoms with Gasteiger partial charge in [0.15, 0.2) is 5.11 Å². The van der Waals surface area contributed by atoms with Gasteiger partial charge in [0.05, 0.1) is 6.21 Å². The molecule has 3 rings (SSSR count). The summed E-state index contributed by atoms with van der Waals surface area (Å²) in [6.45, 7) is 0.691. The molecule has 0 saturated heterocycles. The summed E-state index contributed by atoms with van der Waals surface area (Å²) in [7, 11) is 0. The van der Waals surface area contributed by atoms with Crippen LogP contribution < -0.4 is 11.2 Å². The lowest BCUT2D eigenvalue weighted by Crippen LogP contribution is -2.23. The normalized spacial score (nSPS) is 11.2. The number of rotatable bonds is 4. The molecule has 0 amide bonds. The monoisotopic (exact) mass is 342 g/mol. The molecule has 2 aromatic carbocycles. The number of fused-ring (bicyclic) bond motifs is 1. The Hall–Kier alpha value is -2.37. The van der Waals surface area contributed by atoms with Crippen molar-refractivity contribution in [1.29, 1.82) is 0 Å². The van der Waals surface area contributed by atoms with Crippen LogP contribution in [0.25, 0.3) is 10.9 Å². The number of nitrogens with zero attached hydrogens (tertiary/aromatic N) is 2. The summed E-state index contributed by atoms with van der Waals surface area (Å²) in [5, 5.41) is 6.05. The third kappa shape index (κ3) is 3.52. The van der Waals surface area contributed by atoms with Crippen LogP contribution in [0, 0.1) is 0 Å². The Bertz CT molecular complexity index is 885. The lowest BCUT2D eigenvalue weighted by molar-refractivity contribution is 0.836. The Balaban J connectivity index is 1.99. The maximum atomic E-state index is 6.27. The minimum Gasteiger partial charge on any atom is -0.375 e. The number of halogens is 1. The highest BCUT2D eigenvalue weighted by Gasteiger charge is 2.08. The molecule has 0 aliphatic rings. The molecular formula is C17H15ClN4S. The summed E-state index contributed by atoms with van der Waals surface area (Å²) in [5.41, 5.74) is 11.1. The number of hydrogen-bond donors (Lipinski definition) is 2. The molecule has 1 aromatic heterocycles. The molecular weight excluding hydrogens is 328 g/mol. The molecule has 0 saturated carbocycles. The van der Waals surface area contributed by atoms with Crippen molar-refractivity contribution in [2.75, 3.05) is 0 Å². The summed E-state index contributed by atoms with van der Waals surface area (Å²) in [5.74, 6) is 0. The number of thiocarbonyl (C=S) groups is 1. The second-order valence-electron chi connectivity index (χ2n) is 5.06. The first-order valence-electron chi connectivity index (χ1n) is 7.05. The first-order valence-corrected chi connectivity index (χ1v) is 7.83. The summed E-state index contributed by atoms with van der Waals surface area (Å²) in [4.78, 5) is 0. The van der Waals surface area contributed by atoms with Crippen molar-refractivity contribution < 1.29 is 0 Å². The van der Waals surface area contributed by atoms with Crippen LogP contribution in [0.1, 0.15) is 11.1 Å². The summed E-state index contributed by atoms with van der Waals surface area (Å²) < 4.78 is 2.15. The largest absolute Gasteiger partial charge is 0.375 e. The van der Waals surface area contributed by atoms with Gasteiger partial charge in [-0.2, -0.15) is 5.10 Å². The average molecular weight is 343 g/mol. The molecule has 1 heterocycles. The fourth-order valence-electron chi connectivity index (χ4n) is 2.48. The van der Waals surface area contributed by atoms with Crippen LogP contribution in [0.4, 0.5) is 0 Å². The molecule has 0 unspecified atom stereocenters. The van der Waals surface area contributed by atoms with Gasteiger partial charge in [-0.05, 0) is 29.9 Å². The highest BCUT2D eigenvalue weighted by molar-refractivity contribution is 7.80. The smallest absolute Gasteiger partial charge is 0.184 e. The fourth-order valence-corrected chi connectivity index (χ4v) is 2.73. The van der Waals surface area contributed by atoms with Crippen molar-refractivity contribution in [2.45, 2.75) is 6.54 Å². The summed E-state index contributed by atoms with van der Waals surface area (Å²) >= 11 is 11.0. The second kappa shape index (κ2) is 6.81. The van der Waals surface area contributed by atoms with E-state index in [1.165, 1.54) is 0 Å². The lowest BCUT2D eigenvalue weighted by atomic mass is 10.2. The standard InChI is InChI=1S/C17H15ClN4S/c18-15-7-3-1-5-12(15)10-22-11-13(9-20-21-17(19)23)14-6-2-4-8-16(14)22/h1-9,11H,10H2,(H3,19,21,23). The second-order valence-corrected chi connectivity index (χ2v) is 5.90. The molecule has 4 nitrogen and oxygen atoms in total. The maximum Gasteiger partial charge on any atom is 0.184 e. The zero-order valence-electron chi connectivity index (χ0n) is 12.2. The number of nitrogens with one attached hydrogen (secondary N) is 1. The van der Waals surface area contributed by atoms with E-state index in [2.05, 4.69) is 27.2 Å². The van der Waals surface area contributed by atoms with Crippen molar-refractivity contribution in [3.8, 4) is 0 Å². The van der Waals surface area contributed by atoms with Gasteiger partial charge in [-0.1, -0.05) is 48.0 Å². The van der Waals surface area contributed by atoms with Gasteiger partial charge < -0.3 is 10.3 Å². The van der Waals surface area contributed by atoms with Crippen LogP contribution in [0.15, 0.2) is 59.8 Å². The fraction of sp³-hybridized carbons (Fsp3) is 0.0588. The van der Waals surface area contributed by atoms with Crippen LogP contribution in [0.2, 0.25) is 5.02 Å². The van der Waals surface area contributed by atoms with Crippen LogP contribution in [-0.2, 0) is 6.54 Å². The Kier molecular flexibility index (Phi) is 4.60. The average Bonchev–Trinajstić information content (AvgIpc) is 2.88. The van der Waals surface area contributed by atoms with Gasteiger partial charge in [0.1, 0.15) is 0 Å². The Morgan fingerprint density at radius 3 is 2.74 bits per heavy atom. The summed E-state index contributed by atoms with van der Waals surface area (Å²) in [6.07, 6.45) is 3.75. The van der Waals surface area contributed by atoms with Gasteiger partial charge in [-0.15, -0.1) is 0 Å². The van der Waals surface area contributed by atoms with Crippen LogP contribution in [-0.4, -0.2) is 15.9 Å². The zero-order chi connectivity index (χ0) is 16.2. The Morgan fingerprint density at radius 2 is 1.96 bits per heavy atom. The number of para-hydroxylation sites is 1. The van der Waals surface area contributed by atoms with Gasteiger partial charge in [0.25, 0.3) is 0 Å². The maximum absolute atomic E-state index is 6.27. The predicted octanol–water partition coefficient (Wildman–Crippen LogP) is 3.51. The molecule has 3 N–H and O–H groups in total. The molecule has 3 aromatic rings. The van der Waals surface area contributed by atoms with Crippen molar-refractivity contribution in [1.82, 2.24) is 9.99 Å². The zero-order valence-corrected chi connectivity index (χ0v) is 13.8. The molecule has 116 valence electrons. The molecule has 0 aliphatic heterocycles. The molecule has 23 heavy (non-hydrogen) atoms. The van der Waals surface area contributed by atoms with Gasteiger partial charge in [0.2, 0.25) is 0 Å². The molecule has 6 heteroatoms. The van der Waals surface area contributed by atoms with Gasteiger partial charge >= 0.3 is 0 Å². The van der Waals surface area contributed by atoms with Crippen molar-refractivity contribution in [3.63, 3.8) is 0 Å². The minimum atomic E-state index is 0.140. The van der Waals surface area contributed by atoms with E-state index in [-0.39, 0.29) is 5.11 Å². The third-order valence-electron chi connectivity index (χ3n) is 3.50. The van der Waals surface area contributed by atoms with E-state index in [0.717, 1.165) is 27.1 Å².